The molecule has 16 heteroatoms. The molecule has 13 nitrogen and oxygen atoms in total. The number of azide groups is 1. The van der Waals surface area contributed by atoms with Gasteiger partial charge < -0.3 is 9.64 Å². The Hall–Kier alpha value is -3.85. The SMILES string of the molecule is CS(=O)(=O)NC(=O)c1nc(CN(CCCc2ccccc2)C(=O)[C@H](N=O)c2ccc(OCN=[N+]=[N-])cc2)sc1Br. The third-order valence-corrected chi connectivity index (χ3v) is 7.63. The number of amides is 2. The average molecular weight is 651 g/mol. The number of sulfonamides is 1. The van der Waals surface area contributed by atoms with E-state index in [1.807, 2.05) is 35.1 Å². The van der Waals surface area contributed by atoms with E-state index in [0.717, 1.165) is 23.2 Å². The Bertz CT molecular complexity index is 1490. The number of carbonyl (C=O) groups excluding carboxylic acids is 2. The van der Waals surface area contributed by atoms with E-state index in [0.29, 0.717) is 32.9 Å². The second-order valence-corrected chi connectivity index (χ2v) is 12.5. The molecule has 0 fully saturated rings. The second-order valence-electron chi connectivity index (χ2n) is 8.36. The van der Waals surface area contributed by atoms with Crippen molar-refractivity contribution in [3.8, 4) is 5.75 Å². The molecule has 0 aliphatic heterocycles. The summed E-state index contributed by atoms with van der Waals surface area (Å²) in [5, 5.41) is 6.71. The van der Waals surface area contributed by atoms with E-state index in [9.17, 15) is 22.9 Å². The van der Waals surface area contributed by atoms with Crippen LogP contribution < -0.4 is 9.46 Å². The van der Waals surface area contributed by atoms with Crippen LogP contribution in [-0.2, 0) is 27.8 Å². The lowest BCUT2D eigenvalue weighted by atomic mass is 10.1. The first-order valence-corrected chi connectivity index (χ1v) is 15.2. The Labute approximate surface area is 242 Å². The molecule has 0 spiro atoms. The van der Waals surface area contributed by atoms with Gasteiger partial charge in [-0.15, -0.1) is 16.2 Å². The molecule has 0 aliphatic rings. The van der Waals surface area contributed by atoms with Gasteiger partial charge in [0.25, 0.3) is 11.8 Å². The molecule has 3 aromatic rings. The molecule has 0 unspecified atom stereocenters. The predicted molar refractivity (Wildman–Crippen MR) is 152 cm³/mol. The summed E-state index contributed by atoms with van der Waals surface area (Å²) in [6.45, 7) is 0.00446. The molecule has 0 saturated heterocycles. The van der Waals surface area contributed by atoms with E-state index < -0.39 is 27.9 Å². The maximum Gasteiger partial charge on any atom is 0.285 e. The number of rotatable bonds is 14. The van der Waals surface area contributed by atoms with Gasteiger partial charge in [-0.2, -0.15) is 0 Å². The first kappa shape index (κ1) is 30.7. The molecule has 2 aromatic carbocycles. The van der Waals surface area contributed by atoms with Gasteiger partial charge in [0.2, 0.25) is 10.0 Å². The number of hydrogen-bond donors (Lipinski definition) is 1. The number of benzene rings is 2. The van der Waals surface area contributed by atoms with Crippen molar-refractivity contribution in [3.05, 3.63) is 95.6 Å². The Morgan fingerprint density at radius 1 is 1.20 bits per heavy atom. The predicted octanol–water partition coefficient (Wildman–Crippen LogP) is 4.71. The normalized spacial score (nSPS) is 11.7. The molecule has 1 aromatic heterocycles. The smallest absolute Gasteiger partial charge is 0.285 e. The summed E-state index contributed by atoms with van der Waals surface area (Å²) in [4.78, 5) is 46.1. The number of ether oxygens (including phenoxy) is 1. The van der Waals surface area contributed by atoms with Gasteiger partial charge in [0, 0.05) is 11.5 Å². The number of thiazole rings is 1. The van der Waals surface area contributed by atoms with Crippen molar-refractivity contribution in [1.29, 1.82) is 0 Å². The number of hydrogen-bond acceptors (Lipinski definition) is 10. The molecule has 210 valence electrons. The molecule has 0 aliphatic carbocycles. The monoisotopic (exact) mass is 649 g/mol. The van der Waals surface area contributed by atoms with Crippen LogP contribution in [0.3, 0.4) is 0 Å². The second kappa shape index (κ2) is 14.5. The van der Waals surface area contributed by atoms with Crippen LogP contribution in [-0.4, -0.2) is 49.6 Å². The van der Waals surface area contributed by atoms with Crippen molar-refractivity contribution < 1.29 is 22.7 Å². The summed E-state index contributed by atoms with van der Waals surface area (Å²) in [6.07, 6.45) is 2.09. The largest absolute Gasteiger partial charge is 0.488 e. The minimum atomic E-state index is -3.81. The maximum absolute atomic E-state index is 13.6. The Kier molecular flexibility index (Phi) is 11.1. The average Bonchev–Trinajstić information content (AvgIpc) is 3.29. The molecular weight excluding hydrogens is 626 g/mol. The van der Waals surface area contributed by atoms with E-state index in [1.54, 1.807) is 0 Å². The van der Waals surface area contributed by atoms with Crippen molar-refractivity contribution in [1.82, 2.24) is 14.6 Å². The van der Waals surface area contributed by atoms with E-state index >= 15 is 0 Å². The fourth-order valence-corrected chi connectivity index (χ4v) is 5.68. The number of aryl methyl sites for hydroxylation is 1. The van der Waals surface area contributed by atoms with Crippen LogP contribution in [0.15, 0.2) is 68.7 Å². The zero-order valence-corrected chi connectivity index (χ0v) is 24.4. The molecule has 1 heterocycles. The zero-order chi connectivity index (χ0) is 29.1. The summed E-state index contributed by atoms with van der Waals surface area (Å²) in [5.74, 6) is -1.10. The summed E-state index contributed by atoms with van der Waals surface area (Å²) >= 11 is 4.30. The number of nitrogens with one attached hydrogen (secondary N) is 1. The molecule has 1 atom stereocenters. The highest BCUT2D eigenvalue weighted by Crippen LogP contribution is 2.28. The van der Waals surface area contributed by atoms with Crippen LogP contribution in [0.1, 0.15) is 39.1 Å². The number of halogens is 1. The number of carbonyl (C=O) groups is 2. The minimum absolute atomic E-state index is 0.0393. The molecular formula is C24H24BrN7O6S2. The third-order valence-electron chi connectivity index (χ3n) is 5.38. The van der Waals surface area contributed by atoms with E-state index in [4.69, 9.17) is 10.3 Å². The van der Waals surface area contributed by atoms with Crippen molar-refractivity contribution >= 4 is 49.1 Å². The number of aromatic nitrogens is 1. The highest BCUT2D eigenvalue weighted by Gasteiger charge is 2.29. The van der Waals surface area contributed by atoms with Gasteiger partial charge in [-0.1, -0.05) is 52.8 Å². The highest BCUT2D eigenvalue weighted by molar-refractivity contribution is 9.11. The maximum atomic E-state index is 13.6. The van der Waals surface area contributed by atoms with Gasteiger partial charge >= 0.3 is 0 Å². The number of nitroso groups, excluding NO2 is 1. The Morgan fingerprint density at radius 3 is 2.52 bits per heavy atom. The van der Waals surface area contributed by atoms with Crippen LogP contribution in [0.5, 0.6) is 5.75 Å². The number of nitrogens with zero attached hydrogens (tertiary/aromatic N) is 6. The molecule has 0 bridgehead atoms. The quantitative estimate of drug-likeness (QED) is 0.113. The van der Waals surface area contributed by atoms with Crippen molar-refractivity contribution in [2.24, 2.45) is 10.3 Å². The molecule has 1 N–H and O–H groups in total. The molecule has 3 rings (SSSR count). The van der Waals surface area contributed by atoms with Crippen molar-refractivity contribution in [2.75, 3.05) is 19.5 Å². The Balaban J connectivity index is 1.82. The van der Waals surface area contributed by atoms with E-state index in [2.05, 4.69) is 36.1 Å². The van der Waals surface area contributed by atoms with Crippen molar-refractivity contribution in [3.63, 3.8) is 0 Å². The van der Waals surface area contributed by atoms with Crippen LogP contribution >= 0.6 is 27.3 Å². The zero-order valence-electron chi connectivity index (χ0n) is 21.1. The minimum Gasteiger partial charge on any atom is -0.488 e. The topological polar surface area (TPSA) is 184 Å². The van der Waals surface area contributed by atoms with Crippen LogP contribution in [0, 0.1) is 4.91 Å². The first-order valence-electron chi connectivity index (χ1n) is 11.7. The van der Waals surface area contributed by atoms with Gasteiger partial charge in [0.1, 0.15) is 14.5 Å². The molecule has 2 amide bonds. The van der Waals surface area contributed by atoms with Gasteiger partial charge in [0.15, 0.2) is 18.5 Å². The molecule has 0 saturated carbocycles. The van der Waals surface area contributed by atoms with Gasteiger partial charge in [-0.25, -0.2) is 18.1 Å². The molecule has 0 radical (unpaired) electrons. The lowest BCUT2D eigenvalue weighted by Gasteiger charge is -2.24. The standard InChI is InChI=1S/C24H24BrN7O6S2/c1-40(36,37)30-23(33)21-22(25)39-19(28-21)14-32(13-5-8-16-6-3-2-4-7-16)24(34)20(29-35)17-9-11-18(12-10-17)38-15-27-31-26/h2-4,6-7,9-12,20H,5,8,13-15H2,1H3,(H,30,33)/t20-/m1/s1. The van der Waals surface area contributed by atoms with E-state index in [-0.39, 0.29) is 25.5 Å². The van der Waals surface area contributed by atoms with Crippen LogP contribution in [0.4, 0.5) is 0 Å². The summed E-state index contributed by atoms with van der Waals surface area (Å²) in [7, 11) is -3.81. The summed E-state index contributed by atoms with van der Waals surface area (Å²) in [5.41, 5.74) is 9.64. The Morgan fingerprint density at radius 2 is 1.90 bits per heavy atom. The molecule has 40 heavy (non-hydrogen) atoms. The van der Waals surface area contributed by atoms with Crippen molar-refractivity contribution in [2.45, 2.75) is 25.4 Å². The van der Waals surface area contributed by atoms with Crippen LogP contribution in [0.25, 0.3) is 10.4 Å². The lowest BCUT2D eigenvalue weighted by Crippen LogP contribution is -2.35. The van der Waals surface area contributed by atoms with Gasteiger partial charge in [-0.3, -0.25) is 9.59 Å². The fourth-order valence-electron chi connectivity index (χ4n) is 3.61. The highest BCUT2D eigenvalue weighted by atomic mass is 79.9. The first-order chi connectivity index (χ1) is 19.1. The summed E-state index contributed by atoms with van der Waals surface area (Å²) < 4.78 is 30.4. The van der Waals surface area contributed by atoms with E-state index in [1.165, 1.54) is 29.2 Å². The van der Waals surface area contributed by atoms with Gasteiger partial charge in [-0.05, 0) is 57.6 Å². The summed E-state index contributed by atoms with van der Waals surface area (Å²) in [6, 6.07) is 14.4. The fraction of sp³-hybridized carbons (Fsp3) is 0.292. The van der Waals surface area contributed by atoms with Crippen LogP contribution in [0.2, 0.25) is 0 Å². The van der Waals surface area contributed by atoms with Gasteiger partial charge in [0.05, 0.1) is 12.8 Å². The third kappa shape index (κ3) is 9.12. The lowest BCUT2D eigenvalue weighted by molar-refractivity contribution is -0.133.